The van der Waals surface area contributed by atoms with Gasteiger partial charge in [-0.15, -0.1) is 0 Å². The quantitative estimate of drug-likeness (QED) is 0.758. The number of hydrogen-bond acceptors (Lipinski definition) is 6. The summed E-state index contributed by atoms with van der Waals surface area (Å²) >= 11 is 0. The van der Waals surface area contributed by atoms with Gasteiger partial charge in [0, 0.05) is 27.4 Å². The number of hydrogen-bond donors (Lipinski definition) is 2. The molecular formula is C22H38O6. The largest absolute Gasteiger partial charge is 0.396 e. The molecule has 1 heterocycles. The summed E-state index contributed by atoms with van der Waals surface area (Å²) in [5.41, 5.74) is 0. The molecule has 0 spiro atoms. The Balaban J connectivity index is 1.48. The molecule has 0 aromatic heterocycles. The van der Waals surface area contributed by atoms with Crippen LogP contribution in [0.4, 0.5) is 0 Å². The van der Waals surface area contributed by atoms with Gasteiger partial charge in [0.05, 0.1) is 12.2 Å². The van der Waals surface area contributed by atoms with Gasteiger partial charge in [0.1, 0.15) is 0 Å². The lowest BCUT2D eigenvalue weighted by Crippen LogP contribution is -2.66. The molecule has 4 aliphatic rings. The van der Waals surface area contributed by atoms with Crippen LogP contribution in [-0.4, -0.2) is 61.4 Å². The molecular weight excluding hydrogens is 360 g/mol. The van der Waals surface area contributed by atoms with E-state index >= 15 is 0 Å². The lowest BCUT2D eigenvalue weighted by atomic mass is 9.56. The smallest absolute Gasteiger partial charge is 0.220 e. The third-order valence-corrected chi connectivity index (χ3v) is 8.73. The molecule has 6 nitrogen and oxygen atoms in total. The number of aliphatic hydroxyl groups excluding tert-OH is 2. The first-order valence-corrected chi connectivity index (χ1v) is 11.0. The summed E-state index contributed by atoms with van der Waals surface area (Å²) in [6.07, 6.45) is 6.61. The molecule has 6 heteroatoms. The highest BCUT2D eigenvalue weighted by molar-refractivity contribution is 5.00. The zero-order valence-corrected chi connectivity index (χ0v) is 17.8. The molecule has 162 valence electrons. The summed E-state index contributed by atoms with van der Waals surface area (Å²) < 4.78 is 24.3. The Morgan fingerprint density at radius 3 is 1.36 bits per heavy atom. The van der Waals surface area contributed by atoms with E-state index in [9.17, 15) is 10.2 Å². The average Bonchev–Trinajstić information content (AvgIpc) is 2.70. The molecule has 10 atom stereocenters. The van der Waals surface area contributed by atoms with Crippen LogP contribution >= 0.6 is 0 Å². The Kier molecular flexibility index (Phi) is 5.84. The highest BCUT2D eigenvalue weighted by Crippen LogP contribution is 2.55. The Bertz CT molecular complexity index is 509. The molecule has 3 saturated carbocycles. The van der Waals surface area contributed by atoms with Gasteiger partial charge in [0.25, 0.3) is 0 Å². The van der Waals surface area contributed by atoms with Crippen molar-refractivity contribution in [3.05, 3.63) is 0 Å². The number of fused-ring (bicyclic) bond motifs is 3. The van der Waals surface area contributed by atoms with Gasteiger partial charge in [-0.3, -0.25) is 0 Å². The molecule has 0 aromatic carbocycles. The van der Waals surface area contributed by atoms with Gasteiger partial charge >= 0.3 is 0 Å². The first-order valence-electron chi connectivity index (χ1n) is 11.0. The number of aliphatic hydroxyl groups is 2. The maximum atomic E-state index is 9.75. The molecule has 0 bridgehead atoms. The topological polar surface area (TPSA) is 77.4 Å². The molecule has 4 rings (SSSR count). The van der Waals surface area contributed by atoms with E-state index in [0.717, 1.165) is 25.7 Å². The number of ether oxygens (including phenoxy) is 4. The third-order valence-electron chi connectivity index (χ3n) is 8.73. The van der Waals surface area contributed by atoms with Crippen molar-refractivity contribution in [2.45, 2.75) is 76.2 Å². The van der Waals surface area contributed by atoms with Gasteiger partial charge in [-0.25, -0.2) is 0 Å². The molecule has 2 N–H and O–H groups in total. The van der Waals surface area contributed by atoms with E-state index in [1.165, 1.54) is 12.8 Å². The number of rotatable bonds is 4. The van der Waals surface area contributed by atoms with Crippen molar-refractivity contribution in [1.82, 2.24) is 0 Å². The van der Waals surface area contributed by atoms with Gasteiger partial charge in [-0.05, 0) is 87.9 Å². The fraction of sp³-hybridized carbons (Fsp3) is 1.00. The van der Waals surface area contributed by atoms with Crippen LogP contribution in [0.1, 0.15) is 52.4 Å². The highest BCUT2D eigenvalue weighted by atomic mass is 16.8. The molecule has 0 aromatic rings. The zero-order valence-electron chi connectivity index (χ0n) is 17.8. The maximum absolute atomic E-state index is 9.75. The second-order valence-electron chi connectivity index (χ2n) is 9.95. The van der Waals surface area contributed by atoms with Crippen LogP contribution in [0.15, 0.2) is 0 Å². The Morgan fingerprint density at radius 2 is 1.04 bits per heavy atom. The maximum Gasteiger partial charge on any atom is 0.220 e. The van der Waals surface area contributed by atoms with Crippen LogP contribution in [0.5, 0.6) is 0 Å². The predicted octanol–water partition coefficient (Wildman–Crippen LogP) is 2.56. The summed E-state index contributed by atoms with van der Waals surface area (Å²) in [6.45, 7) is 4.20. The van der Waals surface area contributed by atoms with Crippen LogP contribution in [0.25, 0.3) is 0 Å². The van der Waals surface area contributed by atoms with Gasteiger partial charge in [-0.2, -0.15) is 0 Å². The minimum atomic E-state index is -0.922. The zero-order chi connectivity index (χ0) is 20.1. The van der Waals surface area contributed by atoms with Gasteiger partial charge in [0.15, 0.2) is 0 Å². The fourth-order valence-corrected chi connectivity index (χ4v) is 6.72. The molecule has 0 amide bonds. The van der Waals surface area contributed by atoms with Gasteiger partial charge in [-0.1, -0.05) is 0 Å². The van der Waals surface area contributed by atoms with E-state index in [4.69, 9.17) is 18.9 Å². The van der Waals surface area contributed by atoms with E-state index in [1.807, 2.05) is 13.8 Å². The molecule has 28 heavy (non-hydrogen) atoms. The van der Waals surface area contributed by atoms with Crippen molar-refractivity contribution in [3.63, 3.8) is 0 Å². The SMILES string of the molecule is COC1(C)O[C@@H]2C[C@H]3C[C@@H]4C[C@@H](CO)[C@H](CO)C[C@@H]4C[C@H]3C[C@H]2OC1(C)OC. The Morgan fingerprint density at radius 1 is 0.679 bits per heavy atom. The van der Waals surface area contributed by atoms with Crippen LogP contribution in [0.2, 0.25) is 0 Å². The van der Waals surface area contributed by atoms with E-state index < -0.39 is 11.6 Å². The van der Waals surface area contributed by atoms with Crippen molar-refractivity contribution in [1.29, 1.82) is 0 Å². The van der Waals surface area contributed by atoms with Crippen molar-refractivity contribution >= 4 is 0 Å². The number of methoxy groups -OCH3 is 2. The fourth-order valence-electron chi connectivity index (χ4n) is 6.72. The summed E-state index contributed by atoms with van der Waals surface area (Å²) in [6, 6.07) is 0. The monoisotopic (exact) mass is 398 g/mol. The lowest BCUT2D eigenvalue weighted by molar-refractivity contribution is -0.454. The first-order chi connectivity index (χ1) is 13.4. The van der Waals surface area contributed by atoms with E-state index in [-0.39, 0.29) is 37.3 Å². The van der Waals surface area contributed by atoms with Crippen molar-refractivity contribution in [2.75, 3.05) is 27.4 Å². The van der Waals surface area contributed by atoms with Crippen molar-refractivity contribution in [2.24, 2.45) is 35.5 Å². The van der Waals surface area contributed by atoms with E-state index in [0.29, 0.717) is 23.7 Å². The first kappa shape index (κ1) is 21.0. The Hall–Kier alpha value is -0.240. The molecule has 1 aliphatic heterocycles. The van der Waals surface area contributed by atoms with Crippen LogP contribution in [0, 0.1) is 35.5 Å². The van der Waals surface area contributed by atoms with Crippen molar-refractivity contribution < 1.29 is 29.2 Å². The van der Waals surface area contributed by atoms with Gasteiger partial charge < -0.3 is 29.2 Å². The van der Waals surface area contributed by atoms with Crippen LogP contribution in [-0.2, 0) is 18.9 Å². The van der Waals surface area contributed by atoms with Crippen molar-refractivity contribution in [3.8, 4) is 0 Å². The summed E-state index contributed by atoms with van der Waals surface area (Å²) in [5, 5.41) is 19.5. The van der Waals surface area contributed by atoms with E-state index in [1.54, 1.807) is 14.2 Å². The molecule has 0 radical (unpaired) electrons. The summed E-state index contributed by atoms with van der Waals surface area (Å²) in [7, 11) is 3.29. The van der Waals surface area contributed by atoms with Crippen LogP contribution in [0.3, 0.4) is 0 Å². The molecule has 2 unspecified atom stereocenters. The standard InChI is InChI=1S/C22H38O6/c1-21(25-3)22(2,26-4)28-20-10-16-6-14-8-18(12-24)17(11-23)7-13(14)5-15(16)9-19(20)27-21/h13-20,23-24H,5-12H2,1-4H3/t13-,14+,15-,16+,17-,18-,19+,20+,21?,22?/m0/s1. The average molecular weight is 399 g/mol. The molecule has 3 aliphatic carbocycles. The highest BCUT2D eigenvalue weighted by Gasteiger charge is 2.59. The predicted molar refractivity (Wildman–Crippen MR) is 103 cm³/mol. The second kappa shape index (κ2) is 7.78. The van der Waals surface area contributed by atoms with E-state index in [2.05, 4.69) is 0 Å². The summed E-state index contributed by atoms with van der Waals surface area (Å²) in [4.78, 5) is 0. The molecule has 4 fully saturated rings. The lowest BCUT2D eigenvalue weighted by Gasteiger charge is -2.57. The Labute approximate surface area is 168 Å². The molecule has 1 saturated heterocycles. The van der Waals surface area contributed by atoms with Crippen LogP contribution < -0.4 is 0 Å². The second-order valence-corrected chi connectivity index (χ2v) is 9.95. The minimum Gasteiger partial charge on any atom is -0.396 e. The summed E-state index contributed by atoms with van der Waals surface area (Å²) in [5.74, 6) is 1.29. The van der Waals surface area contributed by atoms with Gasteiger partial charge in [0.2, 0.25) is 11.6 Å². The normalized spacial score (nSPS) is 53.8. The third kappa shape index (κ3) is 3.34. The minimum absolute atomic E-state index is 0.0356.